The van der Waals surface area contributed by atoms with E-state index in [-0.39, 0.29) is 0 Å². The molecule has 0 radical (unpaired) electrons. The topological polar surface area (TPSA) is 18.5 Å². The average molecular weight is 603 g/mol. The summed E-state index contributed by atoms with van der Waals surface area (Å²) in [5.74, 6) is 3.31. The third kappa shape index (κ3) is 4.41. The highest BCUT2D eigenvalue weighted by atomic mass is 16.5. The Labute approximate surface area is 274 Å². The van der Waals surface area contributed by atoms with E-state index in [0.717, 1.165) is 44.5 Å². The zero-order valence-corrected chi connectivity index (χ0v) is 25.6. The van der Waals surface area contributed by atoms with Gasteiger partial charge in [0.25, 0.3) is 0 Å². The van der Waals surface area contributed by atoms with E-state index in [0.29, 0.717) is 0 Å². The maximum absolute atomic E-state index is 6.47. The Morgan fingerprint density at radius 2 is 0.702 bits per heavy atom. The van der Waals surface area contributed by atoms with Crippen molar-refractivity contribution in [1.82, 2.24) is 0 Å². The molecule has 1 aliphatic carbocycles. The van der Waals surface area contributed by atoms with Gasteiger partial charge in [-0.1, -0.05) is 146 Å². The molecule has 0 saturated carbocycles. The first-order valence-electron chi connectivity index (χ1n) is 16.0. The van der Waals surface area contributed by atoms with Crippen LogP contribution in [0.1, 0.15) is 22.3 Å². The van der Waals surface area contributed by atoms with Crippen molar-refractivity contribution in [2.75, 3.05) is 0 Å². The van der Waals surface area contributed by atoms with Gasteiger partial charge < -0.3 is 9.47 Å². The van der Waals surface area contributed by atoms with E-state index >= 15 is 0 Å². The van der Waals surface area contributed by atoms with Crippen LogP contribution in [0.3, 0.4) is 0 Å². The summed E-state index contributed by atoms with van der Waals surface area (Å²) in [5.41, 5.74) is 6.91. The van der Waals surface area contributed by atoms with Crippen LogP contribution in [0.15, 0.2) is 182 Å². The Bertz CT molecular complexity index is 2220. The summed E-state index contributed by atoms with van der Waals surface area (Å²) >= 11 is 0. The van der Waals surface area contributed by atoms with Gasteiger partial charge >= 0.3 is 0 Å². The zero-order chi connectivity index (χ0) is 31.2. The van der Waals surface area contributed by atoms with E-state index in [1.54, 1.807) is 0 Å². The van der Waals surface area contributed by atoms with Crippen molar-refractivity contribution in [3.8, 4) is 34.1 Å². The van der Waals surface area contributed by atoms with Gasteiger partial charge in [-0.15, -0.1) is 0 Å². The second kappa shape index (κ2) is 11.0. The van der Waals surface area contributed by atoms with Crippen molar-refractivity contribution >= 4 is 21.5 Å². The maximum Gasteiger partial charge on any atom is 0.135 e. The quantitative estimate of drug-likeness (QED) is 0.188. The van der Waals surface area contributed by atoms with Crippen molar-refractivity contribution in [1.29, 1.82) is 0 Å². The van der Waals surface area contributed by atoms with Gasteiger partial charge in [0.1, 0.15) is 23.0 Å². The molecule has 0 unspecified atom stereocenters. The standard InChI is InChI=1S/C45H30O2/c1-3-15-37-31(11-1)13-9-21-43(37)46-35-27-23-33(24-28-35)45(41-19-7-5-17-39(41)40-18-6-8-20-42(40)45)34-25-29-36(30-26-34)47-44-22-10-14-32-12-2-4-16-38(32)44/h1-30H. The molecule has 2 heteroatoms. The SMILES string of the molecule is c1ccc2c(c1)-c1ccccc1C2(c1ccc(Oc2cccc3ccccc23)cc1)c1ccc(Oc2cccc3ccccc23)cc1. The number of rotatable bonds is 6. The molecular formula is C45H30O2. The van der Waals surface area contributed by atoms with Crippen LogP contribution in [0.4, 0.5) is 0 Å². The zero-order valence-electron chi connectivity index (χ0n) is 25.6. The summed E-state index contributed by atoms with van der Waals surface area (Å²) in [6, 6.07) is 63.9. The van der Waals surface area contributed by atoms with Gasteiger partial charge in [0.05, 0.1) is 5.41 Å². The highest BCUT2D eigenvalue weighted by Crippen LogP contribution is 2.56. The molecule has 0 saturated heterocycles. The molecule has 0 aromatic heterocycles. The van der Waals surface area contributed by atoms with Crippen LogP contribution in [0.25, 0.3) is 32.7 Å². The van der Waals surface area contributed by atoms with E-state index in [1.807, 2.05) is 24.3 Å². The predicted molar refractivity (Wildman–Crippen MR) is 192 cm³/mol. The van der Waals surface area contributed by atoms with Crippen LogP contribution in [-0.4, -0.2) is 0 Å². The first-order valence-corrected chi connectivity index (χ1v) is 16.0. The normalized spacial score (nSPS) is 12.9. The van der Waals surface area contributed by atoms with Gasteiger partial charge in [-0.2, -0.15) is 0 Å². The number of fused-ring (bicyclic) bond motifs is 5. The molecule has 8 aromatic rings. The second-order valence-electron chi connectivity index (χ2n) is 12.0. The molecular weight excluding hydrogens is 572 g/mol. The van der Waals surface area contributed by atoms with Gasteiger partial charge in [0.2, 0.25) is 0 Å². The third-order valence-electron chi connectivity index (χ3n) is 9.48. The fourth-order valence-electron chi connectivity index (χ4n) is 7.39. The highest BCUT2D eigenvalue weighted by molar-refractivity contribution is 5.90. The van der Waals surface area contributed by atoms with Crippen LogP contribution in [0, 0.1) is 0 Å². The molecule has 0 amide bonds. The van der Waals surface area contributed by atoms with Crippen molar-refractivity contribution in [2.24, 2.45) is 0 Å². The van der Waals surface area contributed by atoms with Gasteiger partial charge in [0.15, 0.2) is 0 Å². The van der Waals surface area contributed by atoms with E-state index in [1.165, 1.54) is 33.4 Å². The number of hydrogen-bond donors (Lipinski definition) is 0. The lowest BCUT2D eigenvalue weighted by molar-refractivity contribution is 0.487. The lowest BCUT2D eigenvalue weighted by Gasteiger charge is -2.34. The summed E-state index contributed by atoms with van der Waals surface area (Å²) in [7, 11) is 0. The van der Waals surface area contributed by atoms with Gasteiger partial charge in [-0.3, -0.25) is 0 Å². The summed E-state index contributed by atoms with van der Waals surface area (Å²) < 4.78 is 12.9. The average Bonchev–Trinajstić information content (AvgIpc) is 3.44. The van der Waals surface area contributed by atoms with Crippen molar-refractivity contribution in [2.45, 2.75) is 5.41 Å². The minimum absolute atomic E-state index is 0.511. The lowest BCUT2D eigenvalue weighted by Crippen LogP contribution is -2.28. The number of hydrogen-bond acceptors (Lipinski definition) is 2. The van der Waals surface area contributed by atoms with Gasteiger partial charge in [-0.25, -0.2) is 0 Å². The van der Waals surface area contributed by atoms with E-state index in [4.69, 9.17) is 9.47 Å². The van der Waals surface area contributed by atoms with Crippen LogP contribution in [-0.2, 0) is 5.41 Å². The summed E-state index contributed by atoms with van der Waals surface area (Å²) in [4.78, 5) is 0. The fraction of sp³-hybridized carbons (Fsp3) is 0.0222. The van der Waals surface area contributed by atoms with E-state index in [9.17, 15) is 0 Å². The van der Waals surface area contributed by atoms with Crippen LogP contribution >= 0.6 is 0 Å². The minimum Gasteiger partial charge on any atom is -0.457 e. The molecule has 0 heterocycles. The monoisotopic (exact) mass is 602 g/mol. The molecule has 0 fully saturated rings. The third-order valence-corrected chi connectivity index (χ3v) is 9.48. The summed E-state index contributed by atoms with van der Waals surface area (Å²) in [6.45, 7) is 0. The smallest absolute Gasteiger partial charge is 0.135 e. The Morgan fingerprint density at radius 1 is 0.319 bits per heavy atom. The molecule has 0 spiro atoms. The van der Waals surface area contributed by atoms with Crippen molar-refractivity contribution in [3.05, 3.63) is 204 Å². The Hall–Kier alpha value is -6.12. The number of benzene rings is 8. The highest BCUT2D eigenvalue weighted by Gasteiger charge is 2.45. The van der Waals surface area contributed by atoms with Crippen LogP contribution < -0.4 is 9.47 Å². The molecule has 0 N–H and O–H groups in total. The van der Waals surface area contributed by atoms with Crippen molar-refractivity contribution < 1.29 is 9.47 Å². The Morgan fingerprint density at radius 3 is 1.17 bits per heavy atom. The Kier molecular flexibility index (Phi) is 6.39. The van der Waals surface area contributed by atoms with E-state index in [2.05, 4.69) is 158 Å². The molecule has 9 rings (SSSR count). The molecule has 0 atom stereocenters. The molecule has 8 aromatic carbocycles. The van der Waals surface area contributed by atoms with Crippen molar-refractivity contribution in [3.63, 3.8) is 0 Å². The maximum atomic E-state index is 6.47. The van der Waals surface area contributed by atoms with Crippen LogP contribution in [0.5, 0.6) is 23.0 Å². The molecule has 47 heavy (non-hydrogen) atoms. The number of ether oxygens (including phenoxy) is 2. The predicted octanol–water partition coefficient (Wildman–Crippen LogP) is 11.9. The van der Waals surface area contributed by atoms with Gasteiger partial charge in [-0.05, 0) is 80.6 Å². The first-order chi connectivity index (χ1) is 23.3. The first kappa shape index (κ1) is 27.2. The molecule has 2 nitrogen and oxygen atoms in total. The molecule has 0 aliphatic heterocycles. The molecule has 1 aliphatic rings. The molecule has 222 valence electrons. The second-order valence-corrected chi connectivity index (χ2v) is 12.0. The minimum atomic E-state index is -0.511. The van der Waals surface area contributed by atoms with Crippen LogP contribution in [0.2, 0.25) is 0 Å². The van der Waals surface area contributed by atoms with Gasteiger partial charge in [0, 0.05) is 10.8 Å². The molecule has 0 bridgehead atoms. The Balaban J connectivity index is 1.15. The van der Waals surface area contributed by atoms with E-state index < -0.39 is 5.41 Å². The summed E-state index contributed by atoms with van der Waals surface area (Å²) in [6.07, 6.45) is 0. The lowest BCUT2D eigenvalue weighted by atomic mass is 9.68. The largest absolute Gasteiger partial charge is 0.457 e. The summed E-state index contributed by atoms with van der Waals surface area (Å²) in [5, 5.41) is 4.51. The fourth-order valence-corrected chi connectivity index (χ4v) is 7.39.